The largest absolute Gasteiger partial charge is 0.467 e. The minimum absolute atomic E-state index is 0.0101. The van der Waals surface area contributed by atoms with Crippen LogP contribution in [-0.2, 0) is 9.59 Å². The fourth-order valence-electron chi connectivity index (χ4n) is 4.57. The summed E-state index contributed by atoms with van der Waals surface area (Å²) in [6.07, 6.45) is 4.28. The first-order chi connectivity index (χ1) is 13.9. The van der Waals surface area contributed by atoms with E-state index in [4.69, 9.17) is 4.74 Å². The fraction of sp³-hybridized carbons (Fsp3) is 0.591. The quantitative estimate of drug-likeness (QED) is 0.827. The first-order valence-corrected chi connectivity index (χ1v) is 10.6. The summed E-state index contributed by atoms with van der Waals surface area (Å²) in [7, 11) is 0. The number of ether oxygens (including phenoxy) is 1. The van der Waals surface area contributed by atoms with Gasteiger partial charge in [-0.3, -0.25) is 14.4 Å². The lowest BCUT2D eigenvalue weighted by Crippen LogP contribution is -2.56. The number of rotatable bonds is 2. The predicted octanol–water partition coefficient (Wildman–Crippen LogP) is 2.23. The van der Waals surface area contributed by atoms with Crippen LogP contribution >= 0.6 is 0 Å². The molecule has 2 fully saturated rings. The number of benzene rings is 1. The number of carbonyl (C=O) groups is 3. The van der Waals surface area contributed by atoms with Crippen LogP contribution in [0.25, 0.3) is 0 Å². The zero-order valence-corrected chi connectivity index (χ0v) is 17.2. The van der Waals surface area contributed by atoms with Crippen molar-refractivity contribution in [3.63, 3.8) is 0 Å². The van der Waals surface area contributed by atoms with Crippen molar-refractivity contribution in [3.05, 3.63) is 29.3 Å². The molecular formula is C22H29N3O4. The molecule has 29 heavy (non-hydrogen) atoms. The standard InChI is InChI=1S/C22H29N3O4/c1-15-6-7-18-17(13-15)21(28)23-22(29-18)9-8-19(26)24(12-10-22)14-20(27)25-11-4-3-5-16(25)2/h6-7,13,16H,3-5,8-12,14H2,1-2H3,(H,23,28). The van der Waals surface area contributed by atoms with Crippen molar-refractivity contribution in [2.45, 2.75) is 64.1 Å². The van der Waals surface area contributed by atoms with Gasteiger partial charge in [-0.15, -0.1) is 0 Å². The number of piperidine rings is 1. The maximum Gasteiger partial charge on any atom is 0.258 e. The third-order valence-corrected chi connectivity index (χ3v) is 6.36. The molecule has 0 aliphatic carbocycles. The Balaban J connectivity index is 1.45. The van der Waals surface area contributed by atoms with Crippen LogP contribution in [0.3, 0.4) is 0 Å². The molecule has 3 aliphatic rings. The van der Waals surface area contributed by atoms with Gasteiger partial charge in [-0.1, -0.05) is 11.6 Å². The lowest BCUT2D eigenvalue weighted by molar-refractivity contribution is -0.142. The Kier molecular flexibility index (Phi) is 5.23. The van der Waals surface area contributed by atoms with E-state index in [1.807, 2.05) is 30.0 Å². The summed E-state index contributed by atoms with van der Waals surface area (Å²) in [6, 6.07) is 5.77. The lowest BCUT2D eigenvalue weighted by atomic mass is 9.99. The first kappa shape index (κ1) is 19.7. The van der Waals surface area contributed by atoms with Crippen LogP contribution in [0.15, 0.2) is 18.2 Å². The number of fused-ring (bicyclic) bond motifs is 1. The van der Waals surface area contributed by atoms with E-state index in [2.05, 4.69) is 12.2 Å². The van der Waals surface area contributed by atoms with E-state index in [0.717, 1.165) is 31.4 Å². The molecule has 3 heterocycles. The van der Waals surface area contributed by atoms with Gasteiger partial charge in [-0.05, 0) is 45.2 Å². The Labute approximate surface area is 171 Å². The Bertz CT molecular complexity index is 839. The Hall–Kier alpha value is -2.57. The summed E-state index contributed by atoms with van der Waals surface area (Å²) in [5, 5.41) is 2.98. The average Bonchev–Trinajstić information content (AvgIpc) is 2.83. The van der Waals surface area contributed by atoms with Crippen LogP contribution in [0, 0.1) is 6.92 Å². The van der Waals surface area contributed by atoms with Crippen molar-refractivity contribution < 1.29 is 19.1 Å². The van der Waals surface area contributed by atoms with Gasteiger partial charge in [0.15, 0.2) is 5.72 Å². The highest BCUT2D eigenvalue weighted by Crippen LogP contribution is 2.34. The molecule has 0 aromatic heterocycles. The number of hydrogen-bond donors (Lipinski definition) is 1. The number of aryl methyl sites for hydroxylation is 1. The third-order valence-electron chi connectivity index (χ3n) is 6.36. The van der Waals surface area contributed by atoms with Crippen molar-refractivity contribution in [3.8, 4) is 5.75 Å². The van der Waals surface area contributed by atoms with Gasteiger partial charge in [0.1, 0.15) is 5.75 Å². The highest BCUT2D eigenvalue weighted by molar-refractivity contribution is 5.98. The van der Waals surface area contributed by atoms with Gasteiger partial charge in [-0.2, -0.15) is 0 Å². The summed E-state index contributed by atoms with van der Waals surface area (Å²) >= 11 is 0. The summed E-state index contributed by atoms with van der Waals surface area (Å²) in [5.41, 5.74) is 0.619. The maximum absolute atomic E-state index is 12.8. The summed E-state index contributed by atoms with van der Waals surface area (Å²) in [5.74, 6) is 0.330. The van der Waals surface area contributed by atoms with Gasteiger partial charge >= 0.3 is 0 Å². The minimum atomic E-state index is -0.898. The molecule has 2 atom stereocenters. The van der Waals surface area contributed by atoms with Crippen LogP contribution in [0.1, 0.15) is 61.4 Å². The average molecular weight is 399 g/mol. The molecule has 4 rings (SSSR count). The normalized spacial score (nSPS) is 27.2. The van der Waals surface area contributed by atoms with Crippen molar-refractivity contribution in [1.29, 1.82) is 0 Å². The van der Waals surface area contributed by atoms with E-state index in [9.17, 15) is 14.4 Å². The second kappa shape index (κ2) is 7.69. The molecule has 7 heteroatoms. The van der Waals surface area contributed by atoms with Crippen molar-refractivity contribution >= 4 is 17.7 Å². The van der Waals surface area contributed by atoms with Gasteiger partial charge in [0, 0.05) is 38.4 Å². The molecule has 0 bridgehead atoms. The molecule has 3 amide bonds. The Morgan fingerprint density at radius 1 is 1.24 bits per heavy atom. The van der Waals surface area contributed by atoms with Gasteiger partial charge in [0.25, 0.3) is 5.91 Å². The van der Waals surface area contributed by atoms with Gasteiger partial charge in [0.05, 0.1) is 12.1 Å². The molecule has 1 aromatic carbocycles. The second-order valence-electron chi connectivity index (χ2n) is 8.55. The molecule has 2 unspecified atom stereocenters. The molecule has 2 saturated heterocycles. The molecule has 7 nitrogen and oxygen atoms in total. The number of hydrogen-bond acceptors (Lipinski definition) is 4. The Morgan fingerprint density at radius 2 is 2.07 bits per heavy atom. The first-order valence-electron chi connectivity index (χ1n) is 10.6. The smallest absolute Gasteiger partial charge is 0.258 e. The summed E-state index contributed by atoms with van der Waals surface area (Å²) < 4.78 is 6.19. The monoisotopic (exact) mass is 399 g/mol. The number of nitrogens with one attached hydrogen (secondary N) is 1. The van der Waals surface area contributed by atoms with E-state index in [1.165, 1.54) is 0 Å². The molecule has 3 aliphatic heterocycles. The van der Waals surface area contributed by atoms with Crippen LogP contribution in [-0.4, -0.2) is 58.9 Å². The van der Waals surface area contributed by atoms with E-state index >= 15 is 0 Å². The number of nitrogens with zero attached hydrogens (tertiary/aromatic N) is 2. The number of likely N-dealkylation sites (tertiary alicyclic amines) is 2. The minimum Gasteiger partial charge on any atom is -0.467 e. The van der Waals surface area contributed by atoms with E-state index < -0.39 is 5.72 Å². The molecule has 1 N–H and O–H groups in total. The molecule has 1 spiro atoms. The van der Waals surface area contributed by atoms with Gasteiger partial charge in [0.2, 0.25) is 11.8 Å². The zero-order chi connectivity index (χ0) is 20.6. The van der Waals surface area contributed by atoms with Crippen LogP contribution in [0.4, 0.5) is 0 Å². The zero-order valence-electron chi connectivity index (χ0n) is 17.2. The van der Waals surface area contributed by atoms with E-state index in [-0.39, 0.29) is 36.7 Å². The van der Waals surface area contributed by atoms with Gasteiger partial charge in [-0.25, -0.2) is 0 Å². The fourth-order valence-corrected chi connectivity index (χ4v) is 4.57. The van der Waals surface area contributed by atoms with Gasteiger partial charge < -0.3 is 19.9 Å². The van der Waals surface area contributed by atoms with E-state index in [1.54, 1.807) is 4.90 Å². The molecular weight excluding hydrogens is 370 g/mol. The summed E-state index contributed by atoms with van der Waals surface area (Å²) in [6.45, 7) is 5.25. The third kappa shape index (κ3) is 3.95. The highest BCUT2D eigenvalue weighted by atomic mass is 16.5. The van der Waals surface area contributed by atoms with Crippen molar-refractivity contribution in [1.82, 2.24) is 15.1 Å². The topological polar surface area (TPSA) is 79.0 Å². The predicted molar refractivity (Wildman–Crippen MR) is 107 cm³/mol. The van der Waals surface area contributed by atoms with Crippen molar-refractivity contribution in [2.75, 3.05) is 19.6 Å². The SMILES string of the molecule is Cc1ccc2c(c1)C(=O)NC1(CCC(=O)N(CC(=O)N3CCCCC3C)CC1)O2. The summed E-state index contributed by atoms with van der Waals surface area (Å²) in [4.78, 5) is 41.7. The number of amides is 3. The lowest BCUT2D eigenvalue weighted by Gasteiger charge is -2.38. The van der Waals surface area contributed by atoms with Crippen LogP contribution < -0.4 is 10.1 Å². The molecule has 156 valence electrons. The Morgan fingerprint density at radius 3 is 2.86 bits per heavy atom. The number of carbonyl (C=O) groups excluding carboxylic acids is 3. The molecule has 0 saturated carbocycles. The maximum atomic E-state index is 12.8. The van der Waals surface area contributed by atoms with Crippen molar-refractivity contribution in [2.24, 2.45) is 0 Å². The van der Waals surface area contributed by atoms with Crippen LogP contribution in [0.2, 0.25) is 0 Å². The molecule has 0 radical (unpaired) electrons. The second-order valence-corrected chi connectivity index (χ2v) is 8.55. The highest BCUT2D eigenvalue weighted by Gasteiger charge is 2.43. The van der Waals surface area contributed by atoms with E-state index in [0.29, 0.717) is 30.7 Å². The van der Waals surface area contributed by atoms with Crippen LogP contribution in [0.5, 0.6) is 5.75 Å². The molecule has 1 aromatic rings.